The van der Waals surface area contributed by atoms with Crippen LogP contribution in [0.3, 0.4) is 0 Å². The summed E-state index contributed by atoms with van der Waals surface area (Å²) in [6.07, 6.45) is 3.28. The lowest BCUT2D eigenvalue weighted by Gasteiger charge is -2.34. The van der Waals surface area contributed by atoms with Gasteiger partial charge in [-0.3, -0.25) is 4.79 Å². The number of piperidine rings is 1. The number of carbonyl (C=O) groups excluding carboxylic acids is 1. The molecule has 10 heteroatoms. The Balaban J connectivity index is 1.50. The summed E-state index contributed by atoms with van der Waals surface area (Å²) in [5, 5.41) is 10.9. The first-order valence-electron chi connectivity index (χ1n) is 8.78. The van der Waals surface area contributed by atoms with Gasteiger partial charge in [0.15, 0.2) is 0 Å². The summed E-state index contributed by atoms with van der Waals surface area (Å²) in [4.78, 5) is 14.5. The molecule has 0 radical (unpaired) electrons. The Kier molecular flexibility index (Phi) is 4.42. The number of benzene rings is 1. The van der Waals surface area contributed by atoms with Crippen molar-refractivity contribution in [1.82, 2.24) is 19.9 Å². The summed E-state index contributed by atoms with van der Waals surface area (Å²) in [7, 11) is -3.72. The summed E-state index contributed by atoms with van der Waals surface area (Å²) in [5.41, 5.74) is 1.29. The van der Waals surface area contributed by atoms with Crippen LogP contribution in [0.4, 0.5) is 5.69 Å². The van der Waals surface area contributed by atoms with E-state index in [0.29, 0.717) is 24.6 Å². The number of hydrogen-bond donors (Lipinski definition) is 1. The molecular weight excluding hydrogens is 368 g/mol. The zero-order valence-electron chi connectivity index (χ0n) is 14.9. The first-order chi connectivity index (χ1) is 12.9. The van der Waals surface area contributed by atoms with Gasteiger partial charge in [-0.2, -0.15) is 8.42 Å². The van der Waals surface area contributed by atoms with Crippen LogP contribution in [0.1, 0.15) is 18.5 Å². The maximum Gasteiger partial charge on any atom is 0.286 e. The normalized spacial score (nSPS) is 21.1. The zero-order valence-corrected chi connectivity index (χ0v) is 15.7. The molecule has 1 aromatic heterocycles. The Hall–Kier alpha value is -2.75. The molecular formula is C17H20N6O3S. The zero-order chi connectivity index (χ0) is 19.0. The Morgan fingerprint density at radius 1 is 1.33 bits per heavy atom. The van der Waals surface area contributed by atoms with Gasteiger partial charge in [-0.05, 0) is 31.9 Å². The second-order valence-corrected chi connectivity index (χ2v) is 8.38. The number of likely N-dealkylation sites (tertiary alicyclic amines) is 1. The minimum absolute atomic E-state index is 0.0655. The molecule has 142 valence electrons. The highest BCUT2D eigenvalue weighted by atomic mass is 32.2. The monoisotopic (exact) mass is 388 g/mol. The molecule has 4 rings (SSSR count). The van der Waals surface area contributed by atoms with Crippen LogP contribution in [0.5, 0.6) is 0 Å². The van der Waals surface area contributed by atoms with Crippen LogP contribution >= 0.6 is 0 Å². The lowest BCUT2D eigenvalue weighted by atomic mass is 9.96. The quantitative estimate of drug-likeness (QED) is 0.841. The molecule has 2 aliphatic heterocycles. The summed E-state index contributed by atoms with van der Waals surface area (Å²) < 4.78 is 30.4. The summed E-state index contributed by atoms with van der Waals surface area (Å²) in [6, 6.07) is 6.71. The number of aryl methyl sites for hydroxylation is 1. The summed E-state index contributed by atoms with van der Waals surface area (Å²) in [5.74, 6) is 0.190. The van der Waals surface area contributed by atoms with Gasteiger partial charge in [-0.1, -0.05) is 17.3 Å². The highest BCUT2D eigenvalue weighted by molar-refractivity contribution is 7.90. The van der Waals surface area contributed by atoms with Crippen LogP contribution in [-0.4, -0.2) is 53.1 Å². The number of carbonyl (C=O) groups is 1. The first kappa shape index (κ1) is 17.7. The molecule has 0 spiro atoms. The Morgan fingerprint density at radius 2 is 2.15 bits per heavy atom. The minimum Gasteiger partial charge on any atom is -0.342 e. The molecule has 1 N–H and O–H groups in total. The molecule has 1 aromatic carbocycles. The van der Waals surface area contributed by atoms with Crippen molar-refractivity contribution in [2.45, 2.75) is 31.2 Å². The van der Waals surface area contributed by atoms with Crippen molar-refractivity contribution < 1.29 is 13.2 Å². The molecule has 1 atom stereocenters. The summed E-state index contributed by atoms with van der Waals surface area (Å²) >= 11 is 0. The number of sulfonamides is 1. The van der Waals surface area contributed by atoms with Crippen LogP contribution in [0, 0.1) is 12.8 Å². The van der Waals surface area contributed by atoms with Gasteiger partial charge in [-0.25, -0.2) is 4.68 Å². The molecule has 2 aliphatic rings. The fourth-order valence-corrected chi connectivity index (χ4v) is 4.65. The van der Waals surface area contributed by atoms with E-state index in [4.69, 9.17) is 0 Å². The smallest absolute Gasteiger partial charge is 0.286 e. The predicted molar refractivity (Wildman–Crippen MR) is 98.7 cm³/mol. The highest BCUT2D eigenvalue weighted by Crippen LogP contribution is 2.30. The third-order valence-electron chi connectivity index (χ3n) is 4.76. The van der Waals surface area contributed by atoms with E-state index in [2.05, 4.69) is 20.0 Å². The highest BCUT2D eigenvalue weighted by Gasteiger charge is 2.32. The first-order valence-corrected chi connectivity index (χ1v) is 10.2. The van der Waals surface area contributed by atoms with Crippen LogP contribution < -0.4 is 5.32 Å². The topological polar surface area (TPSA) is 110 Å². The maximum absolute atomic E-state index is 12.6. The third kappa shape index (κ3) is 3.57. The number of amidine groups is 1. The minimum atomic E-state index is -3.72. The summed E-state index contributed by atoms with van der Waals surface area (Å²) in [6.45, 7) is 3.00. The molecule has 1 amide bonds. The van der Waals surface area contributed by atoms with Crippen molar-refractivity contribution in [1.29, 1.82) is 0 Å². The molecule has 27 heavy (non-hydrogen) atoms. The van der Waals surface area contributed by atoms with Gasteiger partial charge in [0.2, 0.25) is 5.91 Å². The van der Waals surface area contributed by atoms with Gasteiger partial charge < -0.3 is 10.2 Å². The van der Waals surface area contributed by atoms with Crippen LogP contribution in [-0.2, 0) is 21.4 Å². The number of para-hydroxylation sites is 1. The fraction of sp³-hybridized carbons (Fsp3) is 0.412. The standard InChI is InChI=1S/C17H20N6O3S/c1-12-9-23(21-19-12)11-16(24)22-8-4-5-13(10-22)17-18-14-6-2-3-7-15(14)27(25,26)20-17/h2-3,6-7,9,13H,4-5,8,10-11H2,1H3,(H,18,20)/t13-/m1/s1. The van der Waals surface area contributed by atoms with E-state index in [9.17, 15) is 13.2 Å². The van der Waals surface area contributed by atoms with E-state index < -0.39 is 10.0 Å². The third-order valence-corrected chi connectivity index (χ3v) is 6.11. The SMILES string of the molecule is Cc1cn(CC(=O)N2CCC[C@@H](C3=NS(=O)(=O)c4ccccc4N3)C2)nn1. The number of amides is 1. The lowest BCUT2D eigenvalue weighted by Crippen LogP contribution is -2.45. The van der Waals surface area contributed by atoms with E-state index in [0.717, 1.165) is 18.5 Å². The van der Waals surface area contributed by atoms with E-state index in [-0.39, 0.29) is 23.3 Å². The molecule has 0 unspecified atom stereocenters. The van der Waals surface area contributed by atoms with Crippen molar-refractivity contribution in [3.63, 3.8) is 0 Å². The van der Waals surface area contributed by atoms with Crippen LogP contribution in [0.25, 0.3) is 0 Å². The number of fused-ring (bicyclic) bond motifs is 1. The van der Waals surface area contributed by atoms with E-state index >= 15 is 0 Å². The largest absolute Gasteiger partial charge is 0.342 e. The van der Waals surface area contributed by atoms with Crippen molar-refractivity contribution in [3.05, 3.63) is 36.2 Å². The molecule has 0 bridgehead atoms. The van der Waals surface area contributed by atoms with Crippen molar-refractivity contribution in [2.24, 2.45) is 10.3 Å². The van der Waals surface area contributed by atoms with Gasteiger partial charge in [0, 0.05) is 25.2 Å². The average molecular weight is 388 g/mol. The van der Waals surface area contributed by atoms with Gasteiger partial charge in [-0.15, -0.1) is 9.50 Å². The van der Waals surface area contributed by atoms with E-state index in [1.165, 1.54) is 10.7 Å². The number of nitrogens with one attached hydrogen (secondary N) is 1. The molecule has 0 saturated carbocycles. The fourth-order valence-electron chi connectivity index (χ4n) is 3.45. The Bertz CT molecular complexity index is 1010. The second-order valence-electron chi connectivity index (χ2n) is 6.81. The molecule has 0 aliphatic carbocycles. The Morgan fingerprint density at radius 3 is 2.93 bits per heavy atom. The van der Waals surface area contributed by atoms with E-state index in [1.54, 1.807) is 29.3 Å². The number of anilines is 1. The number of hydrogen-bond acceptors (Lipinski definition) is 6. The molecule has 1 saturated heterocycles. The van der Waals surface area contributed by atoms with E-state index in [1.807, 2.05) is 6.92 Å². The number of nitrogens with zero attached hydrogens (tertiary/aromatic N) is 5. The van der Waals surface area contributed by atoms with Crippen molar-refractivity contribution in [3.8, 4) is 0 Å². The van der Waals surface area contributed by atoms with Crippen LogP contribution in [0.15, 0.2) is 39.8 Å². The Labute approximate surface area is 157 Å². The van der Waals surface area contributed by atoms with Crippen molar-refractivity contribution in [2.75, 3.05) is 18.4 Å². The van der Waals surface area contributed by atoms with Gasteiger partial charge in [0.1, 0.15) is 17.3 Å². The van der Waals surface area contributed by atoms with Crippen LogP contribution in [0.2, 0.25) is 0 Å². The molecule has 3 heterocycles. The predicted octanol–water partition coefficient (Wildman–Crippen LogP) is 1.04. The average Bonchev–Trinajstić information content (AvgIpc) is 3.06. The second kappa shape index (κ2) is 6.76. The number of rotatable bonds is 3. The van der Waals surface area contributed by atoms with Gasteiger partial charge in [0.25, 0.3) is 10.0 Å². The van der Waals surface area contributed by atoms with Gasteiger partial charge in [0.05, 0.1) is 11.4 Å². The maximum atomic E-state index is 12.6. The lowest BCUT2D eigenvalue weighted by molar-refractivity contribution is -0.133. The van der Waals surface area contributed by atoms with Crippen molar-refractivity contribution >= 4 is 27.5 Å². The molecule has 9 nitrogen and oxygen atoms in total. The molecule has 1 fully saturated rings. The molecule has 2 aromatic rings. The van der Waals surface area contributed by atoms with Gasteiger partial charge >= 0.3 is 0 Å². The number of aromatic nitrogens is 3.